The molecule has 1 heterocycles. The van der Waals surface area contributed by atoms with Gasteiger partial charge in [-0.1, -0.05) is 191 Å². The molecule has 0 N–H and O–H groups in total. The van der Waals surface area contributed by atoms with Crippen LogP contribution < -0.4 is 9.80 Å². The maximum Gasteiger partial charge on any atom is 0.0742 e. The van der Waals surface area contributed by atoms with Gasteiger partial charge in [0.15, 0.2) is 0 Å². The zero-order valence-electron chi connectivity index (χ0n) is 33.6. The Morgan fingerprint density at radius 3 is 1.34 bits per heavy atom. The van der Waals surface area contributed by atoms with E-state index in [9.17, 15) is 0 Å². The van der Waals surface area contributed by atoms with Crippen LogP contribution in [0.4, 0.5) is 34.1 Å². The maximum absolute atomic E-state index is 2.55. The van der Waals surface area contributed by atoms with Gasteiger partial charge < -0.3 is 9.80 Å². The predicted molar refractivity (Wildman–Crippen MR) is 250 cm³/mol. The van der Waals surface area contributed by atoms with E-state index in [1.807, 2.05) is 0 Å². The summed E-state index contributed by atoms with van der Waals surface area (Å²) in [5, 5.41) is 7.57. The van der Waals surface area contributed by atoms with E-state index in [0.29, 0.717) is 0 Å². The van der Waals surface area contributed by atoms with Gasteiger partial charge in [0.2, 0.25) is 0 Å². The number of para-hydroxylation sites is 4. The molecule has 1 aliphatic rings. The number of hydrogen-bond acceptors (Lipinski definition) is 2. The topological polar surface area (TPSA) is 6.48 Å². The van der Waals surface area contributed by atoms with Crippen LogP contribution in [-0.2, 0) is 10.8 Å². The number of hydrogen-bond donors (Lipinski definition) is 0. The van der Waals surface area contributed by atoms with E-state index in [0.717, 1.165) is 22.7 Å². The summed E-state index contributed by atoms with van der Waals surface area (Å²) in [7, 11) is 0. The van der Waals surface area contributed by atoms with Crippen LogP contribution in [0.15, 0.2) is 212 Å². The molecule has 0 amide bonds. The minimum atomic E-state index is -0.553. The number of rotatable bonds is 6. The first-order valence-corrected chi connectivity index (χ1v) is 20.7. The summed E-state index contributed by atoms with van der Waals surface area (Å²) in [5.74, 6) is 0. The molecule has 11 rings (SSSR count). The van der Waals surface area contributed by atoms with Crippen molar-refractivity contribution in [1.82, 2.24) is 0 Å². The SMILES string of the molecule is CC(C)(C)c1cc2ccc3c(N(c4ccccc4)c4ccccc4)cc(N4c5ccccc5C(c5ccccc5)(c5ccccc5)c5ccccc54)c4ccc(c1)c2c34. The molecule has 0 atom stereocenters. The molecule has 0 saturated carbocycles. The monoisotopic (exact) mass is 756 g/mol. The minimum absolute atomic E-state index is 0.0173. The van der Waals surface area contributed by atoms with Gasteiger partial charge in [-0.3, -0.25) is 0 Å². The molecule has 0 unspecified atom stereocenters. The Morgan fingerprint density at radius 1 is 0.407 bits per heavy atom. The Labute approximate surface area is 346 Å². The first kappa shape index (κ1) is 35.0. The molecule has 59 heavy (non-hydrogen) atoms. The first-order valence-electron chi connectivity index (χ1n) is 20.7. The summed E-state index contributed by atoms with van der Waals surface area (Å²) >= 11 is 0. The average molecular weight is 757 g/mol. The third kappa shape index (κ3) is 5.33. The van der Waals surface area contributed by atoms with Crippen molar-refractivity contribution in [2.75, 3.05) is 9.80 Å². The van der Waals surface area contributed by atoms with E-state index in [1.165, 1.54) is 71.5 Å². The molecular formula is C57H44N2. The fraction of sp³-hybridized carbons (Fsp3) is 0.0877. The molecular weight excluding hydrogens is 713 g/mol. The Bertz CT molecular complexity index is 2980. The molecule has 1 aliphatic heterocycles. The van der Waals surface area contributed by atoms with Crippen molar-refractivity contribution in [1.29, 1.82) is 0 Å². The van der Waals surface area contributed by atoms with Gasteiger partial charge in [0.25, 0.3) is 0 Å². The number of anilines is 6. The molecule has 0 radical (unpaired) electrons. The number of fused-ring (bicyclic) bond motifs is 2. The van der Waals surface area contributed by atoms with Crippen molar-refractivity contribution in [3.8, 4) is 0 Å². The van der Waals surface area contributed by atoms with E-state index in [4.69, 9.17) is 0 Å². The van der Waals surface area contributed by atoms with Crippen molar-refractivity contribution < 1.29 is 0 Å². The van der Waals surface area contributed by atoms with Crippen LogP contribution in [0.5, 0.6) is 0 Å². The second-order valence-corrected chi connectivity index (χ2v) is 16.9. The molecule has 10 aromatic carbocycles. The van der Waals surface area contributed by atoms with Gasteiger partial charge in [-0.25, -0.2) is 0 Å². The van der Waals surface area contributed by atoms with Crippen molar-refractivity contribution in [3.05, 3.63) is 240 Å². The average Bonchev–Trinajstić information content (AvgIpc) is 3.28. The van der Waals surface area contributed by atoms with Crippen LogP contribution in [0.3, 0.4) is 0 Å². The van der Waals surface area contributed by atoms with Gasteiger partial charge in [0, 0.05) is 27.5 Å². The van der Waals surface area contributed by atoms with Crippen LogP contribution in [0, 0.1) is 0 Å². The Balaban J connectivity index is 1.29. The fourth-order valence-electron chi connectivity index (χ4n) is 9.93. The normalized spacial score (nSPS) is 13.4. The van der Waals surface area contributed by atoms with Crippen molar-refractivity contribution >= 4 is 66.4 Å². The zero-order valence-corrected chi connectivity index (χ0v) is 33.6. The van der Waals surface area contributed by atoms with Gasteiger partial charge in [0.1, 0.15) is 0 Å². The van der Waals surface area contributed by atoms with Crippen LogP contribution in [-0.4, -0.2) is 0 Å². The Kier molecular flexibility index (Phi) is 8.00. The largest absolute Gasteiger partial charge is 0.310 e. The summed E-state index contributed by atoms with van der Waals surface area (Å²) in [5.41, 5.74) is 12.6. The predicted octanol–water partition coefficient (Wildman–Crippen LogP) is 15.5. The van der Waals surface area contributed by atoms with Crippen LogP contribution in [0.1, 0.15) is 48.6 Å². The van der Waals surface area contributed by atoms with Crippen molar-refractivity contribution in [2.45, 2.75) is 31.6 Å². The molecule has 282 valence electrons. The number of nitrogens with zero attached hydrogens (tertiary/aromatic N) is 2. The van der Waals surface area contributed by atoms with E-state index in [2.05, 4.69) is 243 Å². The van der Waals surface area contributed by atoms with Gasteiger partial charge in [0.05, 0.1) is 28.2 Å². The van der Waals surface area contributed by atoms with Crippen LogP contribution in [0.2, 0.25) is 0 Å². The molecule has 10 aromatic rings. The second-order valence-electron chi connectivity index (χ2n) is 16.9. The van der Waals surface area contributed by atoms with Gasteiger partial charge >= 0.3 is 0 Å². The second kappa shape index (κ2) is 13.5. The Morgan fingerprint density at radius 2 is 0.847 bits per heavy atom. The molecule has 0 spiro atoms. The lowest BCUT2D eigenvalue weighted by Gasteiger charge is -2.47. The molecule has 0 bridgehead atoms. The third-order valence-corrected chi connectivity index (χ3v) is 12.6. The van der Waals surface area contributed by atoms with Crippen LogP contribution >= 0.6 is 0 Å². The standard InChI is InChI=1S/C57H44N2/c1-56(2,3)43-36-39-32-34-46-52(58(44-24-12-6-13-25-44)45-26-14-7-15-27-45)38-53(47-35-33-40(37-43)54(39)55(46)47)59-50-30-18-16-28-48(50)57(41-20-8-4-9-21-41,42-22-10-5-11-23-42)49-29-17-19-31-51(49)59/h4-38H,1-3H3. The maximum atomic E-state index is 2.55. The summed E-state index contributed by atoms with van der Waals surface area (Å²) in [6.45, 7) is 6.93. The molecule has 0 aromatic heterocycles. The van der Waals surface area contributed by atoms with Gasteiger partial charge in [-0.15, -0.1) is 0 Å². The summed E-state index contributed by atoms with van der Waals surface area (Å²) in [6, 6.07) is 78.7. The lowest BCUT2D eigenvalue weighted by Crippen LogP contribution is -2.37. The van der Waals surface area contributed by atoms with E-state index in [1.54, 1.807) is 0 Å². The fourth-order valence-corrected chi connectivity index (χ4v) is 9.93. The molecule has 0 fully saturated rings. The van der Waals surface area contributed by atoms with Crippen molar-refractivity contribution in [3.63, 3.8) is 0 Å². The van der Waals surface area contributed by atoms with E-state index >= 15 is 0 Å². The highest BCUT2D eigenvalue weighted by Gasteiger charge is 2.46. The highest BCUT2D eigenvalue weighted by Crippen LogP contribution is 2.59. The highest BCUT2D eigenvalue weighted by molar-refractivity contribution is 6.29. The zero-order chi connectivity index (χ0) is 39.7. The summed E-state index contributed by atoms with van der Waals surface area (Å²) in [4.78, 5) is 4.99. The van der Waals surface area contributed by atoms with Gasteiger partial charge in [-0.2, -0.15) is 0 Å². The lowest BCUT2D eigenvalue weighted by atomic mass is 9.62. The highest BCUT2D eigenvalue weighted by atomic mass is 15.2. The smallest absolute Gasteiger partial charge is 0.0742 e. The van der Waals surface area contributed by atoms with E-state index in [-0.39, 0.29) is 5.41 Å². The van der Waals surface area contributed by atoms with Gasteiger partial charge in [-0.05, 0) is 91.9 Å². The van der Waals surface area contributed by atoms with Crippen molar-refractivity contribution in [2.24, 2.45) is 0 Å². The minimum Gasteiger partial charge on any atom is -0.310 e. The summed E-state index contributed by atoms with van der Waals surface area (Å²) in [6.07, 6.45) is 0. The lowest BCUT2D eigenvalue weighted by molar-refractivity contribution is 0.591. The molecule has 0 aliphatic carbocycles. The quantitative estimate of drug-likeness (QED) is 0.156. The first-order chi connectivity index (χ1) is 28.9. The molecule has 2 heteroatoms. The van der Waals surface area contributed by atoms with Crippen LogP contribution in [0.25, 0.3) is 32.3 Å². The molecule has 2 nitrogen and oxygen atoms in total. The number of benzene rings is 10. The van der Waals surface area contributed by atoms with E-state index < -0.39 is 5.41 Å². The third-order valence-electron chi connectivity index (χ3n) is 12.6. The Hall–Kier alpha value is -7.16. The summed E-state index contributed by atoms with van der Waals surface area (Å²) < 4.78 is 0. The molecule has 0 saturated heterocycles.